The maximum atomic E-state index is 12.7. The zero-order valence-electron chi connectivity index (χ0n) is 15.4. The summed E-state index contributed by atoms with van der Waals surface area (Å²) in [5.41, 5.74) is 3.15. The monoisotopic (exact) mass is 352 g/mol. The number of anilines is 1. The summed E-state index contributed by atoms with van der Waals surface area (Å²) in [4.78, 5) is 26.6. The van der Waals surface area contributed by atoms with Gasteiger partial charge in [0, 0.05) is 19.5 Å². The van der Waals surface area contributed by atoms with Crippen molar-refractivity contribution in [3.63, 3.8) is 0 Å². The maximum absolute atomic E-state index is 12.7. The molecule has 0 atom stereocenters. The Balaban J connectivity index is 1.73. The van der Waals surface area contributed by atoms with Gasteiger partial charge in [0.05, 0.1) is 18.4 Å². The van der Waals surface area contributed by atoms with E-state index in [0.29, 0.717) is 17.8 Å². The highest BCUT2D eigenvalue weighted by Gasteiger charge is 2.33. The Kier molecular flexibility index (Phi) is 5.26. The van der Waals surface area contributed by atoms with Gasteiger partial charge in [-0.25, -0.2) is 0 Å². The van der Waals surface area contributed by atoms with E-state index in [1.807, 2.05) is 43.3 Å². The molecule has 1 fully saturated rings. The molecule has 0 saturated heterocycles. The van der Waals surface area contributed by atoms with E-state index in [-0.39, 0.29) is 17.7 Å². The second-order valence-corrected chi connectivity index (χ2v) is 6.68. The number of nitrogens with one attached hydrogen (secondary N) is 1. The summed E-state index contributed by atoms with van der Waals surface area (Å²) in [6.07, 6.45) is 1.87. The summed E-state index contributed by atoms with van der Waals surface area (Å²) in [5, 5.41) is 2.93. The Morgan fingerprint density at radius 3 is 2.62 bits per heavy atom. The van der Waals surface area contributed by atoms with Gasteiger partial charge in [-0.3, -0.25) is 9.59 Å². The van der Waals surface area contributed by atoms with Crippen LogP contribution < -0.4 is 15.0 Å². The van der Waals surface area contributed by atoms with E-state index < -0.39 is 0 Å². The lowest BCUT2D eigenvalue weighted by Gasteiger charge is -2.20. The van der Waals surface area contributed by atoms with Crippen LogP contribution in [0.4, 0.5) is 5.69 Å². The first-order valence-corrected chi connectivity index (χ1v) is 8.79. The average Bonchev–Trinajstić information content (AvgIpc) is 3.51. The molecule has 3 rings (SSSR count). The fourth-order valence-electron chi connectivity index (χ4n) is 2.93. The van der Waals surface area contributed by atoms with Gasteiger partial charge in [-0.05, 0) is 49.1 Å². The minimum absolute atomic E-state index is 0.0773. The normalized spacial score (nSPS) is 13.2. The van der Waals surface area contributed by atoms with Gasteiger partial charge in [-0.1, -0.05) is 24.3 Å². The number of carbonyl (C=O) groups is 2. The van der Waals surface area contributed by atoms with E-state index in [0.717, 1.165) is 29.7 Å². The lowest BCUT2D eigenvalue weighted by Crippen LogP contribution is -2.31. The quantitative estimate of drug-likeness (QED) is 0.868. The van der Waals surface area contributed by atoms with E-state index in [2.05, 4.69) is 5.32 Å². The van der Waals surface area contributed by atoms with E-state index in [4.69, 9.17) is 4.74 Å². The fraction of sp³-hybridized carbons (Fsp3) is 0.333. The van der Waals surface area contributed by atoms with Crippen molar-refractivity contribution >= 4 is 17.5 Å². The molecule has 0 spiro atoms. The maximum Gasteiger partial charge on any atom is 0.253 e. The number of carbonyl (C=O) groups excluding carboxylic acids is 2. The summed E-state index contributed by atoms with van der Waals surface area (Å²) < 4.78 is 5.33. The first kappa shape index (κ1) is 18.0. The molecule has 0 unspecified atom stereocenters. The molecule has 0 radical (unpaired) electrons. The van der Waals surface area contributed by atoms with Crippen LogP contribution in [-0.4, -0.2) is 26.0 Å². The third-order valence-electron chi connectivity index (χ3n) is 4.69. The van der Waals surface area contributed by atoms with Crippen molar-refractivity contribution in [2.75, 3.05) is 19.1 Å². The molecule has 5 heteroatoms. The molecule has 1 saturated carbocycles. The molecule has 136 valence electrons. The van der Waals surface area contributed by atoms with Gasteiger partial charge in [0.15, 0.2) is 0 Å². The molecule has 0 bridgehead atoms. The largest absolute Gasteiger partial charge is 0.496 e. The van der Waals surface area contributed by atoms with Crippen molar-refractivity contribution in [3.8, 4) is 5.75 Å². The van der Waals surface area contributed by atoms with Crippen molar-refractivity contribution in [1.29, 1.82) is 0 Å². The fourth-order valence-corrected chi connectivity index (χ4v) is 2.93. The van der Waals surface area contributed by atoms with Crippen LogP contribution in [0, 0.1) is 12.8 Å². The van der Waals surface area contributed by atoms with Gasteiger partial charge in [-0.2, -0.15) is 0 Å². The number of para-hydroxylation sites is 1. The number of benzene rings is 2. The number of rotatable bonds is 6. The number of nitrogens with zero attached hydrogens (tertiary/aromatic N) is 1. The molecule has 1 N–H and O–H groups in total. The molecule has 2 amide bonds. The molecular weight excluding hydrogens is 328 g/mol. The number of amides is 2. The zero-order valence-corrected chi connectivity index (χ0v) is 15.4. The Hall–Kier alpha value is -2.82. The Morgan fingerprint density at radius 2 is 1.92 bits per heavy atom. The first-order chi connectivity index (χ1) is 12.5. The lowest BCUT2D eigenvalue weighted by atomic mass is 10.1. The predicted molar refractivity (Wildman–Crippen MR) is 101 cm³/mol. The number of hydrogen-bond acceptors (Lipinski definition) is 3. The second-order valence-electron chi connectivity index (χ2n) is 6.68. The van der Waals surface area contributed by atoms with Crippen LogP contribution in [0.3, 0.4) is 0 Å². The predicted octanol–water partition coefficient (Wildman–Crippen LogP) is 3.31. The first-order valence-electron chi connectivity index (χ1n) is 8.79. The zero-order chi connectivity index (χ0) is 18.7. The molecule has 0 aromatic heterocycles. The van der Waals surface area contributed by atoms with Crippen molar-refractivity contribution < 1.29 is 14.3 Å². The van der Waals surface area contributed by atoms with Crippen LogP contribution in [0.5, 0.6) is 5.75 Å². The highest BCUT2D eigenvalue weighted by molar-refractivity contribution is 6.05. The van der Waals surface area contributed by atoms with E-state index >= 15 is 0 Å². The molecule has 2 aromatic carbocycles. The smallest absolute Gasteiger partial charge is 0.253 e. The second kappa shape index (κ2) is 7.60. The molecular formula is C21H24N2O3. The van der Waals surface area contributed by atoms with Gasteiger partial charge in [-0.15, -0.1) is 0 Å². The van der Waals surface area contributed by atoms with Gasteiger partial charge in [0.25, 0.3) is 5.91 Å². The molecule has 5 nitrogen and oxygen atoms in total. The van der Waals surface area contributed by atoms with Crippen LogP contribution in [0.1, 0.15) is 34.3 Å². The van der Waals surface area contributed by atoms with Crippen molar-refractivity contribution in [2.24, 2.45) is 5.92 Å². The lowest BCUT2D eigenvalue weighted by molar-refractivity contribution is -0.119. The van der Waals surface area contributed by atoms with Crippen LogP contribution in [0.2, 0.25) is 0 Å². The number of methoxy groups -OCH3 is 1. The number of ether oxygens (including phenoxy) is 1. The molecule has 2 aromatic rings. The highest BCUT2D eigenvalue weighted by atomic mass is 16.5. The minimum atomic E-state index is -0.199. The molecule has 0 aliphatic heterocycles. The Labute approximate surface area is 154 Å². The van der Waals surface area contributed by atoms with Crippen LogP contribution in [0.15, 0.2) is 42.5 Å². The van der Waals surface area contributed by atoms with Crippen LogP contribution >= 0.6 is 0 Å². The van der Waals surface area contributed by atoms with Crippen LogP contribution in [0.25, 0.3) is 0 Å². The Bertz CT molecular complexity index is 828. The third-order valence-corrected chi connectivity index (χ3v) is 4.69. The average molecular weight is 352 g/mol. The topological polar surface area (TPSA) is 58.6 Å². The molecule has 26 heavy (non-hydrogen) atoms. The number of aryl methyl sites for hydroxylation is 1. The summed E-state index contributed by atoms with van der Waals surface area (Å²) in [6, 6.07) is 13.1. The van der Waals surface area contributed by atoms with E-state index in [1.54, 1.807) is 25.1 Å². The van der Waals surface area contributed by atoms with Gasteiger partial charge in [0.1, 0.15) is 5.75 Å². The molecule has 1 aliphatic carbocycles. The third kappa shape index (κ3) is 3.87. The Morgan fingerprint density at radius 1 is 1.19 bits per heavy atom. The summed E-state index contributed by atoms with van der Waals surface area (Å²) in [5.74, 6) is 0.784. The highest BCUT2D eigenvalue weighted by Crippen LogP contribution is 2.33. The van der Waals surface area contributed by atoms with E-state index in [1.165, 1.54) is 0 Å². The summed E-state index contributed by atoms with van der Waals surface area (Å²) in [6.45, 7) is 2.37. The summed E-state index contributed by atoms with van der Waals surface area (Å²) >= 11 is 0. The minimum Gasteiger partial charge on any atom is -0.496 e. The molecule has 0 heterocycles. The van der Waals surface area contributed by atoms with Crippen molar-refractivity contribution in [3.05, 3.63) is 59.2 Å². The summed E-state index contributed by atoms with van der Waals surface area (Å²) in [7, 11) is 3.37. The van der Waals surface area contributed by atoms with Crippen molar-refractivity contribution in [1.82, 2.24) is 5.32 Å². The van der Waals surface area contributed by atoms with E-state index in [9.17, 15) is 9.59 Å². The van der Waals surface area contributed by atoms with Crippen molar-refractivity contribution in [2.45, 2.75) is 26.3 Å². The van der Waals surface area contributed by atoms with Gasteiger partial charge < -0.3 is 15.0 Å². The van der Waals surface area contributed by atoms with Gasteiger partial charge >= 0.3 is 0 Å². The van der Waals surface area contributed by atoms with Gasteiger partial charge in [0.2, 0.25) is 5.91 Å². The SMILES string of the molecule is COc1cc(CNC(=O)c2ccccc2N(C)C(=O)C2CC2)ccc1C. The van der Waals surface area contributed by atoms with Crippen LogP contribution in [-0.2, 0) is 11.3 Å². The number of hydrogen-bond donors (Lipinski definition) is 1. The molecule has 1 aliphatic rings. The standard InChI is InChI=1S/C21H24N2O3/c1-14-8-9-15(12-19(14)26-3)13-22-20(24)17-6-4-5-7-18(17)23(2)21(25)16-10-11-16/h4-9,12,16H,10-11,13H2,1-3H3,(H,22,24).